The number of H-pyrrole nitrogens is 1. The summed E-state index contributed by atoms with van der Waals surface area (Å²) >= 11 is 0. The van der Waals surface area contributed by atoms with Crippen LogP contribution in [0.15, 0.2) is 4.90 Å². The van der Waals surface area contributed by atoms with Crippen molar-refractivity contribution in [3.8, 4) is 0 Å². The van der Waals surface area contributed by atoms with Crippen LogP contribution in [0.2, 0.25) is 0 Å². The van der Waals surface area contributed by atoms with Crippen LogP contribution in [0.25, 0.3) is 0 Å². The summed E-state index contributed by atoms with van der Waals surface area (Å²) in [7, 11) is -3.40. The zero-order valence-electron chi connectivity index (χ0n) is 12.7. The number of piperidine rings is 1. The van der Waals surface area contributed by atoms with Gasteiger partial charge in [-0.05, 0) is 52.0 Å². The standard InChI is InChI=1S/C14H24N4O2S/c1-10-14(11(2)17-16-10)21(19,20)18-7-5-12(6-8-18)9-15-13-3-4-13/h12-13,15H,3-9H2,1-2H3,(H,16,17). The number of hydrogen-bond acceptors (Lipinski definition) is 4. The number of nitrogens with zero attached hydrogens (tertiary/aromatic N) is 2. The Labute approximate surface area is 126 Å². The first-order valence-corrected chi connectivity index (χ1v) is 9.17. The van der Waals surface area contributed by atoms with E-state index in [9.17, 15) is 8.42 Å². The molecular formula is C14H24N4O2S. The predicted molar refractivity (Wildman–Crippen MR) is 80.6 cm³/mol. The second-order valence-electron chi connectivity index (χ2n) is 6.29. The molecule has 1 aromatic rings. The van der Waals surface area contributed by atoms with Crippen LogP contribution in [0.4, 0.5) is 0 Å². The van der Waals surface area contributed by atoms with Gasteiger partial charge >= 0.3 is 0 Å². The molecule has 7 heteroatoms. The first kappa shape index (κ1) is 15.0. The van der Waals surface area contributed by atoms with Crippen LogP contribution in [0.1, 0.15) is 37.1 Å². The smallest absolute Gasteiger partial charge is 0.246 e. The third-order valence-electron chi connectivity index (χ3n) is 4.50. The minimum absolute atomic E-state index is 0.358. The van der Waals surface area contributed by atoms with E-state index in [1.165, 1.54) is 12.8 Å². The molecule has 0 bridgehead atoms. The van der Waals surface area contributed by atoms with Crippen LogP contribution >= 0.6 is 0 Å². The van der Waals surface area contributed by atoms with Crippen molar-refractivity contribution in [2.75, 3.05) is 19.6 Å². The normalized spacial score (nSPS) is 21.8. The Bertz CT molecular complexity index is 579. The van der Waals surface area contributed by atoms with E-state index in [4.69, 9.17) is 0 Å². The Morgan fingerprint density at radius 3 is 2.43 bits per heavy atom. The maximum Gasteiger partial charge on any atom is 0.246 e. The number of rotatable bonds is 5. The summed E-state index contributed by atoms with van der Waals surface area (Å²) in [5, 5.41) is 10.3. The average molecular weight is 312 g/mol. The highest BCUT2D eigenvalue weighted by Gasteiger charge is 2.33. The topological polar surface area (TPSA) is 78.1 Å². The molecule has 2 N–H and O–H groups in total. The van der Waals surface area contributed by atoms with E-state index < -0.39 is 10.0 Å². The molecule has 6 nitrogen and oxygen atoms in total. The van der Waals surface area contributed by atoms with Crippen LogP contribution in [-0.2, 0) is 10.0 Å². The molecule has 0 radical (unpaired) electrons. The third kappa shape index (κ3) is 3.14. The number of aromatic nitrogens is 2. The molecule has 0 spiro atoms. The predicted octanol–water partition coefficient (Wildman–Crippen LogP) is 1.18. The highest BCUT2D eigenvalue weighted by molar-refractivity contribution is 7.89. The van der Waals surface area contributed by atoms with Gasteiger partial charge in [0, 0.05) is 19.1 Å². The van der Waals surface area contributed by atoms with Crippen LogP contribution < -0.4 is 5.32 Å². The molecule has 1 saturated carbocycles. The lowest BCUT2D eigenvalue weighted by atomic mass is 9.98. The summed E-state index contributed by atoms with van der Waals surface area (Å²) in [4.78, 5) is 0.358. The maximum absolute atomic E-state index is 12.7. The summed E-state index contributed by atoms with van der Waals surface area (Å²) in [6, 6.07) is 0.725. The number of aromatic amines is 1. The monoisotopic (exact) mass is 312 g/mol. The Balaban J connectivity index is 1.62. The SMILES string of the molecule is Cc1n[nH]c(C)c1S(=O)(=O)N1CCC(CNC2CC2)CC1. The van der Waals surface area contributed by atoms with Crippen molar-refractivity contribution in [3.63, 3.8) is 0 Å². The van der Waals surface area contributed by atoms with E-state index >= 15 is 0 Å². The van der Waals surface area contributed by atoms with Gasteiger partial charge in [0.25, 0.3) is 0 Å². The molecule has 3 rings (SSSR count). The average Bonchev–Trinajstić information content (AvgIpc) is 3.22. The summed E-state index contributed by atoms with van der Waals surface area (Å²) in [5.41, 5.74) is 1.19. The van der Waals surface area contributed by atoms with Crippen LogP contribution in [0.3, 0.4) is 0 Å². The molecular weight excluding hydrogens is 288 g/mol. The van der Waals surface area contributed by atoms with Gasteiger partial charge in [-0.2, -0.15) is 9.40 Å². The van der Waals surface area contributed by atoms with Gasteiger partial charge in [-0.15, -0.1) is 0 Å². The zero-order valence-corrected chi connectivity index (χ0v) is 13.5. The first-order valence-electron chi connectivity index (χ1n) is 7.73. The number of aryl methyl sites for hydroxylation is 2. The van der Waals surface area contributed by atoms with Crippen molar-refractivity contribution >= 4 is 10.0 Å². The minimum Gasteiger partial charge on any atom is -0.314 e. The van der Waals surface area contributed by atoms with Gasteiger partial charge in [0.1, 0.15) is 4.90 Å². The van der Waals surface area contributed by atoms with Gasteiger partial charge in [-0.25, -0.2) is 8.42 Å². The van der Waals surface area contributed by atoms with Gasteiger partial charge in [0.05, 0.1) is 11.4 Å². The zero-order chi connectivity index (χ0) is 15.0. The van der Waals surface area contributed by atoms with E-state index in [0.717, 1.165) is 25.4 Å². The Hall–Kier alpha value is -0.920. The summed E-state index contributed by atoms with van der Waals surface area (Å²) in [6.45, 7) is 5.76. The molecule has 0 unspecified atom stereocenters. The molecule has 0 aromatic carbocycles. The molecule has 1 aliphatic heterocycles. The fourth-order valence-electron chi connectivity index (χ4n) is 3.02. The van der Waals surface area contributed by atoms with E-state index in [1.807, 2.05) is 0 Å². The maximum atomic E-state index is 12.7. The van der Waals surface area contributed by atoms with Crippen LogP contribution in [0.5, 0.6) is 0 Å². The molecule has 2 fully saturated rings. The lowest BCUT2D eigenvalue weighted by molar-refractivity contribution is 0.267. The molecule has 1 aromatic heterocycles. The quantitative estimate of drug-likeness (QED) is 0.856. The summed E-state index contributed by atoms with van der Waals surface area (Å²) in [6.07, 6.45) is 4.47. The fourth-order valence-corrected chi connectivity index (χ4v) is 4.83. The van der Waals surface area contributed by atoms with E-state index in [2.05, 4.69) is 15.5 Å². The molecule has 21 heavy (non-hydrogen) atoms. The Morgan fingerprint density at radius 2 is 1.90 bits per heavy atom. The fraction of sp³-hybridized carbons (Fsp3) is 0.786. The molecule has 1 saturated heterocycles. The van der Waals surface area contributed by atoms with Gasteiger partial charge in [-0.3, -0.25) is 5.10 Å². The van der Waals surface area contributed by atoms with Gasteiger partial charge in [-0.1, -0.05) is 0 Å². The van der Waals surface area contributed by atoms with Gasteiger partial charge in [0.2, 0.25) is 10.0 Å². The van der Waals surface area contributed by atoms with Gasteiger partial charge < -0.3 is 5.32 Å². The van der Waals surface area contributed by atoms with Crippen molar-refractivity contribution < 1.29 is 8.42 Å². The number of hydrogen-bond donors (Lipinski definition) is 2. The lowest BCUT2D eigenvalue weighted by Gasteiger charge is -2.31. The summed E-state index contributed by atoms with van der Waals surface area (Å²) < 4.78 is 27.1. The molecule has 0 amide bonds. The minimum atomic E-state index is -3.40. The van der Waals surface area contributed by atoms with Crippen molar-refractivity contribution in [2.24, 2.45) is 5.92 Å². The van der Waals surface area contributed by atoms with Crippen molar-refractivity contribution in [1.82, 2.24) is 19.8 Å². The van der Waals surface area contributed by atoms with Crippen LogP contribution in [-0.4, -0.2) is 48.6 Å². The lowest BCUT2D eigenvalue weighted by Crippen LogP contribution is -2.41. The molecule has 1 aliphatic carbocycles. The van der Waals surface area contributed by atoms with Gasteiger partial charge in [0.15, 0.2) is 0 Å². The summed E-state index contributed by atoms with van der Waals surface area (Å²) in [5.74, 6) is 0.601. The van der Waals surface area contributed by atoms with E-state index in [-0.39, 0.29) is 0 Å². The number of nitrogens with one attached hydrogen (secondary N) is 2. The largest absolute Gasteiger partial charge is 0.314 e. The van der Waals surface area contributed by atoms with E-state index in [0.29, 0.717) is 35.3 Å². The second-order valence-corrected chi connectivity index (χ2v) is 8.17. The Morgan fingerprint density at radius 1 is 1.24 bits per heavy atom. The van der Waals surface area contributed by atoms with Crippen molar-refractivity contribution in [3.05, 3.63) is 11.4 Å². The molecule has 2 heterocycles. The second kappa shape index (κ2) is 5.70. The van der Waals surface area contributed by atoms with E-state index in [1.54, 1.807) is 18.2 Å². The highest BCUT2D eigenvalue weighted by Crippen LogP contribution is 2.27. The molecule has 2 aliphatic rings. The molecule has 118 valence electrons. The molecule has 0 atom stereocenters. The van der Waals surface area contributed by atoms with Crippen molar-refractivity contribution in [1.29, 1.82) is 0 Å². The first-order chi connectivity index (χ1) is 9.98. The van der Waals surface area contributed by atoms with Crippen molar-refractivity contribution in [2.45, 2.75) is 50.5 Å². The van der Waals surface area contributed by atoms with Crippen LogP contribution in [0, 0.1) is 19.8 Å². The Kier molecular flexibility index (Phi) is 4.07. The third-order valence-corrected chi connectivity index (χ3v) is 6.67. The highest BCUT2D eigenvalue weighted by atomic mass is 32.2. The number of sulfonamides is 1.